The lowest BCUT2D eigenvalue weighted by Crippen LogP contribution is -2.06. The van der Waals surface area contributed by atoms with Gasteiger partial charge in [-0.15, -0.1) is 0 Å². The summed E-state index contributed by atoms with van der Waals surface area (Å²) in [6, 6.07) is 14.5. The van der Waals surface area contributed by atoms with Crippen LogP contribution in [-0.2, 0) is 0 Å². The number of aromatic carboxylic acids is 1. The molecule has 0 aliphatic heterocycles. The fourth-order valence-corrected chi connectivity index (χ4v) is 2.16. The van der Waals surface area contributed by atoms with Crippen LogP contribution in [0.2, 0.25) is 0 Å². The highest BCUT2D eigenvalue weighted by atomic mass is 16.4. The van der Waals surface area contributed by atoms with E-state index in [-0.39, 0.29) is 5.56 Å². The molecule has 0 saturated heterocycles. The van der Waals surface area contributed by atoms with E-state index in [1.54, 1.807) is 29.2 Å². The molecule has 1 aromatic heterocycles. The molecule has 0 radical (unpaired) electrons. The summed E-state index contributed by atoms with van der Waals surface area (Å²) in [5, 5.41) is 13.5. The summed E-state index contributed by atoms with van der Waals surface area (Å²) in [5.41, 5.74) is 8.61. The zero-order valence-electron chi connectivity index (χ0n) is 11.1. The first-order chi connectivity index (χ1) is 10.1. The minimum Gasteiger partial charge on any atom is -0.478 e. The van der Waals surface area contributed by atoms with E-state index >= 15 is 0 Å². The highest BCUT2D eigenvalue weighted by molar-refractivity contribution is 5.93. The van der Waals surface area contributed by atoms with Gasteiger partial charge in [0.2, 0.25) is 0 Å². The van der Waals surface area contributed by atoms with Crippen molar-refractivity contribution in [2.75, 3.05) is 5.73 Å². The number of carboxylic acids is 1. The largest absolute Gasteiger partial charge is 0.478 e. The number of rotatable bonds is 3. The van der Waals surface area contributed by atoms with Crippen molar-refractivity contribution in [3.63, 3.8) is 0 Å². The smallest absolute Gasteiger partial charge is 0.337 e. The highest BCUT2D eigenvalue weighted by Gasteiger charge is 2.13. The van der Waals surface area contributed by atoms with E-state index in [4.69, 9.17) is 5.73 Å². The predicted molar refractivity (Wildman–Crippen MR) is 80.4 cm³/mol. The van der Waals surface area contributed by atoms with Crippen LogP contribution in [0.1, 0.15) is 10.4 Å². The molecule has 0 unspecified atom stereocenters. The standard InChI is InChI=1S/C16H13N3O2/c17-13-6-7-15(14(8-13)16(20)21)19-10-12(9-18-19)11-4-2-1-3-5-11/h1-10H,17H2,(H,20,21). The van der Waals surface area contributed by atoms with Gasteiger partial charge in [-0.05, 0) is 23.8 Å². The van der Waals surface area contributed by atoms with E-state index in [1.165, 1.54) is 6.07 Å². The fourth-order valence-electron chi connectivity index (χ4n) is 2.16. The lowest BCUT2D eigenvalue weighted by Gasteiger charge is -2.06. The molecule has 2 aromatic carbocycles. The lowest BCUT2D eigenvalue weighted by atomic mass is 10.1. The summed E-state index contributed by atoms with van der Waals surface area (Å²) in [5.74, 6) is -1.03. The molecule has 3 aromatic rings. The number of hydrogen-bond donors (Lipinski definition) is 2. The molecule has 1 heterocycles. The molecule has 0 atom stereocenters. The third kappa shape index (κ3) is 2.49. The van der Waals surface area contributed by atoms with E-state index in [0.717, 1.165) is 11.1 Å². The van der Waals surface area contributed by atoms with Crippen LogP contribution in [0.15, 0.2) is 60.9 Å². The van der Waals surface area contributed by atoms with Crippen molar-refractivity contribution in [3.05, 3.63) is 66.5 Å². The Kier molecular flexibility index (Phi) is 3.16. The SMILES string of the molecule is Nc1ccc(-n2cc(-c3ccccc3)cn2)c(C(=O)O)c1. The molecule has 0 spiro atoms. The maximum Gasteiger partial charge on any atom is 0.337 e. The van der Waals surface area contributed by atoms with Gasteiger partial charge in [0.05, 0.1) is 17.4 Å². The number of nitrogens with zero attached hydrogens (tertiary/aromatic N) is 2. The summed E-state index contributed by atoms with van der Waals surface area (Å²) in [6.07, 6.45) is 3.50. The van der Waals surface area contributed by atoms with Gasteiger partial charge in [-0.25, -0.2) is 9.48 Å². The Bertz CT molecular complexity index is 794. The van der Waals surface area contributed by atoms with Gasteiger partial charge in [0.15, 0.2) is 0 Å². The van der Waals surface area contributed by atoms with E-state index in [0.29, 0.717) is 11.4 Å². The molecule has 3 N–H and O–H groups in total. The summed E-state index contributed by atoms with van der Waals surface area (Å²) < 4.78 is 1.55. The minimum atomic E-state index is -1.03. The van der Waals surface area contributed by atoms with Crippen molar-refractivity contribution in [1.29, 1.82) is 0 Å². The van der Waals surface area contributed by atoms with Crippen molar-refractivity contribution >= 4 is 11.7 Å². The van der Waals surface area contributed by atoms with Crippen LogP contribution in [0.3, 0.4) is 0 Å². The van der Waals surface area contributed by atoms with Crippen molar-refractivity contribution in [1.82, 2.24) is 9.78 Å². The summed E-state index contributed by atoms with van der Waals surface area (Å²) >= 11 is 0. The maximum absolute atomic E-state index is 11.3. The Morgan fingerprint density at radius 1 is 1.10 bits per heavy atom. The van der Waals surface area contributed by atoms with Crippen molar-refractivity contribution < 1.29 is 9.90 Å². The Hall–Kier alpha value is -3.08. The summed E-state index contributed by atoms with van der Waals surface area (Å²) in [7, 11) is 0. The second-order valence-corrected chi connectivity index (χ2v) is 4.62. The maximum atomic E-state index is 11.3. The monoisotopic (exact) mass is 279 g/mol. The Balaban J connectivity index is 2.07. The first-order valence-corrected chi connectivity index (χ1v) is 6.38. The first-order valence-electron chi connectivity index (χ1n) is 6.38. The predicted octanol–water partition coefficient (Wildman–Crippen LogP) is 2.82. The van der Waals surface area contributed by atoms with Crippen LogP contribution in [0.5, 0.6) is 0 Å². The quantitative estimate of drug-likeness (QED) is 0.722. The van der Waals surface area contributed by atoms with Gasteiger partial charge >= 0.3 is 5.97 Å². The number of benzene rings is 2. The van der Waals surface area contributed by atoms with Crippen LogP contribution >= 0.6 is 0 Å². The third-order valence-corrected chi connectivity index (χ3v) is 3.19. The van der Waals surface area contributed by atoms with Gasteiger partial charge < -0.3 is 10.8 Å². The third-order valence-electron chi connectivity index (χ3n) is 3.19. The highest BCUT2D eigenvalue weighted by Crippen LogP contribution is 2.22. The molecule has 21 heavy (non-hydrogen) atoms. The van der Waals surface area contributed by atoms with Crippen LogP contribution in [0.4, 0.5) is 5.69 Å². The van der Waals surface area contributed by atoms with Gasteiger partial charge in [-0.2, -0.15) is 5.10 Å². The molecular weight excluding hydrogens is 266 g/mol. The van der Waals surface area contributed by atoms with Crippen molar-refractivity contribution in [2.24, 2.45) is 0 Å². The number of aromatic nitrogens is 2. The number of nitrogens with two attached hydrogens (primary N) is 1. The normalized spacial score (nSPS) is 10.5. The summed E-state index contributed by atoms with van der Waals surface area (Å²) in [4.78, 5) is 11.3. The number of carbonyl (C=O) groups is 1. The van der Waals surface area contributed by atoms with Crippen LogP contribution in [-0.4, -0.2) is 20.9 Å². The van der Waals surface area contributed by atoms with E-state index in [9.17, 15) is 9.90 Å². The minimum absolute atomic E-state index is 0.123. The Labute approximate surface area is 121 Å². The first kappa shape index (κ1) is 12.9. The summed E-state index contributed by atoms with van der Waals surface area (Å²) in [6.45, 7) is 0. The molecule has 0 bridgehead atoms. The second-order valence-electron chi connectivity index (χ2n) is 4.62. The van der Waals surface area contributed by atoms with Crippen LogP contribution in [0.25, 0.3) is 16.8 Å². The van der Waals surface area contributed by atoms with E-state index in [2.05, 4.69) is 5.10 Å². The van der Waals surface area contributed by atoms with Gasteiger partial charge in [0.25, 0.3) is 0 Å². The molecule has 0 fully saturated rings. The number of hydrogen-bond acceptors (Lipinski definition) is 3. The number of anilines is 1. The Morgan fingerprint density at radius 3 is 2.57 bits per heavy atom. The number of nitrogen functional groups attached to an aromatic ring is 1. The van der Waals surface area contributed by atoms with Gasteiger partial charge in [0.1, 0.15) is 0 Å². The molecule has 0 amide bonds. The molecule has 5 nitrogen and oxygen atoms in total. The molecular formula is C16H13N3O2. The van der Waals surface area contributed by atoms with Crippen molar-refractivity contribution in [3.8, 4) is 16.8 Å². The Morgan fingerprint density at radius 2 is 1.86 bits per heavy atom. The van der Waals surface area contributed by atoms with Crippen LogP contribution < -0.4 is 5.73 Å². The molecule has 3 rings (SSSR count). The average molecular weight is 279 g/mol. The van der Waals surface area contributed by atoms with Gasteiger partial charge in [-0.1, -0.05) is 30.3 Å². The molecule has 0 aliphatic carbocycles. The second kappa shape index (κ2) is 5.13. The topological polar surface area (TPSA) is 81.1 Å². The zero-order chi connectivity index (χ0) is 14.8. The average Bonchev–Trinajstić information content (AvgIpc) is 2.97. The lowest BCUT2D eigenvalue weighted by molar-refractivity contribution is 0.0697. The zero-order valence-corrected chi connectivity index (χ0v) is 11.1. The molecule has 0 saturated carbocycles. The van der Waals surface area contributed by atoms with E-state index in [1.807, 2.05) is 30.3 Å². The van der Waals surface area contributed by atoms with Gasteiger partial charge in [0, 0.05) is 17.4 Å². The van der Waals surface area contributed by atoms with Gasteiger partial charge in [-0.3, -0.25) is 0 Å². The fraction of sp³-hybridized carbons (Fsp3) is 0. The van der Waals surface area contributed by atoms with Crippen molar-refractivity contribution in [2.45, 2.75) is 0 Å². The molecule has 5 heteroatoms. The van der Waals surface area contributed by atoms with Crippen LogP contribution in [0, 0.1) is 0 Å². The number of carboxylic acid groups (broad SMARTS) is 1. The van der Waals surface area contributed by atoms with E-state index < -0.39 is 5.97 Å². The molecule has 0 aliphatic rings. The molecule has 104 valence electrons.